The number of halogens is 3. The number of hydrogen-bond donors (Lipinski definition) is 1. The second-order valence-corrected chi connectivity index (χ2v) is 7.51. The topological polar surface area (TPSA) is 26.0 Å². The molecule has 0 amide bonds. The van der Waals surface area contributed by atoms with E-state index in [0.29, 0.717) is 0 Å². The maximum Gasteiger partial charge on any atom is 0.0701 e. The van der Waals surface area contributed by atoms with Crippen LogP contribution in [0.25, 0.3) is 0 Å². The highest BCUT2D eigenvalue weighted by molar-refractivity contribution is 9.11. The van der Waals surface area contributed by atoms with E-state index in [2.05, 4.69) is 31.9 Å². The third-order valence-corrected chi connectivity index (χ3v) is 5.02. The molecule has 0 bridgehead atoms. The van der Waals surface area contributed by atoms with Gasteiger partial charge in [-0.2, -0.15) is 0 Å². The zero-order valence-corrected chi connectivity index (χ0v) is 13.5. The molecule has 1 nitrogen and oxygen atoms in total. The van der Waals surface area contributed by atoms with Gasteiger partial charge in [-0.15, -0.1) is 11.3 Å². The van der Waals surface area contributed by atoms with Crippen LogP contribution in [-0.4, -0.2) is 0 Å². The Morgan fingerprint density at radius 1 is 1.24 bits per heavy atom. The van der Waals surface area contributed by atoms with Gasteiger partial charge in [0.1, 0.15) is 0 Å². The van der Waals surface area contributed by atoms with E-state index < -0.39 is 0 Å². The van der Waals surface area contributed by atoms with E-state index in [4.69, 9.17) is 17.3 Å². The van der Waals surface area contributed by atoms with E-state index in [1.165, 1.54) is 0 Å². The zero-order valence-electron chi connectivity index (χ0n) is 8.79. The summed E-state index contributed by atoms with van der Waals surface area (Å²) in [5.41, 5.74) is 7.24. The van der Waals surface area contributed by atoms with Crippen molar-refractivity contribution in [2.75, 3.05) is 0 Å². The van der Waals surface area contributed by atoms with E-state index in [9.17, 15) is 0 Å². The number of benzene rings is 1. The SMILES string of the molecule is NC(Cc1ccc(Br)cc1Cl)c1ccc(Br)s1. The Balaban J connectivity index is 2.15. The molecular formula is C12H10Br2ClNS. The van der Waals surface area contributed by atoms with E-state index in [-0.39, 0.29) is 6.04 Å². The predicted octanol–water partition coefficient (Wildman–Crippen LogP) is 5.17. The van der Waals surface area contributed by atoms with Gasteiger partial charge in [0.15, 0.2) is 0 Å². The van der Waals surface area contributed by atoms with Gasteiger partial charge in [0, 0.05) is 20.4 Å². The van der Waals surface area contributed by atoms with Crippen molar-refractivity contribution < 1.29 is 0 Å². The zero-order chi connectivity index (χ0) is 12.4. The minimum absolute atomic E-state index is 0.00928. The average molecular weight is 396 g/mol. The van der Waals surface area contributed by atoms with Crippen LogP contribution >= 0.6 is 54.8 Å². The molecule has 0 saturated carbocycles. The molecule has 0 radical (unpaired) electrons. The van der Waals surface area contributed by atoms with Crippen molar-refractivity contribution in [3.05, 3.63) is 54.1 Å². The van der Waals surface area contributed by atoms with E-state index in [1.54, 1.807) is 11.3 Å². The molecule has 5 heteroatoms. The first-order valence-corrected chi connectivity index (χ1v) is 7.79. The number of nitrogens with two attached hydrogens (primary N) is 1. The third kappa shape index (κ3) is 3.55. The van der Waals surface area contributed by atoms with E-state index in [0.717, 1.165) is 30.1 Å². The smallest absolute Gasteiger partial charge is 0.0701 e. The summed E-state index contributed by atoms with van der Waals surface area (Å²) in [7, 11) is 0. The van der Waals surface area contributed by atoms with Crippen LogP contribution in [0.3, 0.4) is 0 Å². The van der Waals surface area contributed by atoms with Crippen molar-refractivity contribution in [2.24, 2.45) is 5.73 Å². The van der Waals surface area contributed by atoms with Gasteiger partial charge in [-0.3, -0.25) is 0 Å². The van der Waals surface area contributed by atoms with Crippen molar-refractivity contribution in [1.82, 2.24) is 0 Å². The van der Waals surface area contributed by atoms with E-state index in [1.807, 2.05) is 30.3 Å². The second-order valence-electron chi connectivity index (χ2n) is 3.69. The van der Waals surface area contributed by atoms with Gasteiger partial charge in [-0.05, 0) is 52.2 Å². The van der Waals surface area contributed by atoms with Gasteiger partial charge in [-0.1, -0.05) is 33.6 Å². The first-order chi connectivity index (χ1) is 8.06. The molecule has 1 aromatic carbocycles. The molecule has 2 aromatic rings. The predicted molar refractivity (Wildman–Crippen MR) is 81.8 cm³/mol. The molecule has 2 rings (SSSR count). The van der Waals surface area contributed by atoms with Crippen LogP contribution in [0.15, 0.2) is 38.6 Å². The lowest BCUT2D eigenvalue weighted by Crippen LogP contribution is -2.11. The molecule has 0 aliphatic heterocycles. The highest BCUT2D eigenvalue weighted by atomic mass is 79.9. The van der Waals surface area contributed by atoms with Crippen molar-refractivity contribution in [1.29, 1.82) is 0 Å². The summed E-state index contributed by atoms with van der Waals surface area (Å²) in [5.74, 6) is 0. The van der Waals surface area contributed by atoms with Crippen molar-refractivity contribution in [3.8, 4) is 0 Å². The standard InChI is InChI=1S/C12H10Br2ClNS/c13-8-2-1-7(9(15)6-8)5-10(16)11-3-4-12(14)17-11/h1-4,6,10H,5,16H2. The molecule has 0 saturated heterocycles. The molecule has 0 aliphatic carbocycles. The minimum atomic E-state index is -0.00928. The minimum Gasteiger partial charge on any atom is -0.323 e. The quantitative estimate of drug-likeness (QED) is 0.762. The highest BCUT2D eigenvalue weighted by Gasteiger charge is 2.11. The molecule has 1 atom stereocenters. The normalized spacial score (nSPS) is 12.7. The molecule has 0 spiro atoms. The van der Waals surface area contributed by atoms with Crippen molar-refractivity contribution in [3.63, 3.8) is 0 Å². The van der Waals surface area contributed by atoms with E-state index >= 15 is 0 Å². The van der Waals surface area contributed by atoms with Crippen LogP contribution in [-0.2, 0) is 6.42 Å². The largest absolute Gasteiger partial charge is 0.323 e. The summed E-state index contributed by atoms with van der Waals surface area (Å²) < 4.78 is 2.09. The molecule has 0 fully saturated rings. The number of thiophene rings is 1. The van der Waals surface area contributed by atoms with Gasteiger partial charge in [0.2, 0.25) is 0 Å². The second kappa shape index (κ2) is 5.85. The van der Waals surface area contributed by atoms with Crippen LogP contribution in [0.5, 0.6) is 0 Å². The summed E-state index contributed by atoms with van der Waals surface area (Å²) in [5, 5.41) is 0.755. The fourth-order valence-corrected chi connectivity index (χ4v) is 3.73. The summed E-state index contributed by atoms with van der Waals surface area (Å²) in [6.07, 6.45) is 0.749. The Kier molecular flexibility index (Phi) is 4.66. The monoisotopic (exact) mass is 393 g/mol. The molecule has 0 aliphatic rings. The third-order valence-electron chi connectivity index (χ3n) is 2.41. The maximum atomic E-state index is 6.17. The van der Waals surface area contributed by atoms with Gasteiger partial charge in [0.05, 0.1) is 3.79 Å². The lowest BCUT2D eigenvalue weighted by molar-refractivity contribution is 0.736. The summed E-state index contributed by atoms with van der Waals surface area (Å²) in [4.78, 5) is 1.16. The molecular weight excluding hydrogens is 385 g/mol. The van der Waals surface area contributed by atoms with Crippen LogP contribution in [0, 0.1) is 0 Å². The number of hydrogen-bond acceptors (Lipinski definition) is 2. The Morgan fingerprint density at radius 2 is 2.00 bits per heavy atom. The molecule has 1 heterocycles. The van der Waals surface area contributed by atoms with Gasteiger partial charge in [-0.25, -0.2) is 0 Å². The molecule has 1 unspecified atom stereocenters. The summed E-state index contributed by atoms with van der Waals surface area (Å²) in [6, 6.07) is 9.95. The van der Waals surface area contributed by atoms with Crippen LogP contribution in [0.1, 0.15) is 16.5 Å². The van der Waals surface area contributed by atoms with Gasteiger partial charge in [0.25, 0.3) is 0 Å². The van der Waals surface area contributed by atoms with Crippen molar-refractivity contribution >= 4 is 54.8 Å². The molecule has 90 valence electrons. The molecule has 1 aromatic heterocycles. The van der Waals surface area contributed by atoms with Gasteiger partial charge >= 0.3 is 0 Å². The van der Waals surface area contributed by atoms with Crippen LogP contribution in [0.4, 0.5) is 0 Å². The Labute approximate surface area is 126 Å². The van der Waals surface area contributed by atoms with Crippen LogP contribution < -0.4 is 5.73 Å². The Morgan fingerprint density at radius 3 is 2.59 bits per heavy atom. The summed E-state index contributed by atoms with van der Waals surface area (Å²) in [6.45, 7) is 0. The average Bonchev–Trinajstić information content (AvgIpc) is 2.69. The van der Waals surface area contributed by atoms with Crippen molar-refractivity contribution in [2.45, 2.75) is 12.5 Å². The highest BCUT2D eigenvalue weighted by Crippen LogP contribution is 2.30. The fourth-order valence-electron chi connectivity index (χ4n) is 1.55. The number of rotatable bonds is 3. The first kappa shape index (κ1) is 13.6. The lowest BCUT2D eigenvalue weighted by atomic mass is 10.1. The Bertz CT molecular complexity index is 527. The van der Waals surface area contributed by atoms with Crippen LogP contribution in [0.2, 0.25) is 5.02 Å². The summed E-state index contributed by atoms with van der Waals surface area (Å²) >= 11 is 14.7. The molecule has 2 N–H and O–H groups in total. The van der Waals surface area contributed by atoms with Gasteiger partial charge < -0.3 is 5.73 Å². The Hall–Kier alpha value is 0.130. The maximum absolute atomic E-state index is 6.17. The lowest BCUT2D eigenvalue weighted by Gasteiger charge is -2.11. The molecule has 17 heavy (non-hydrogen) atoms. The fraction of sp³-hybridized carbons (Fsp3) is 0.167. The first-order valence-electron chi connectivity index (χ1n) is 5.01.